The summed E-state index contributed by atoms with van der Waals surface area (Å²) in [5, 5.41) is 8.04. The first-order valence-corrected chi connectivity index (χ1v) is 7.64. The van der Waals surface area contributed by atoms with Gasteiger partial charge in [-0.05, 0) is 81.2 Å². The first-order valence-electron chi connectivity index (χ1n) is 6.69. The highest BCUT2D eigenvalue weighted by Crippen LogP contribution is 2.20. The van der Waals surface area contributed by atoms with Crippen LogP contribution in [0.2, 0.25) is 0 Å². The average Bonchev–Trinajstić information content (AvgIpc) is 2.85. The molecule has 1 unspecified atom stereocenters. The maximum absolute atomic E-state index is 3.64. The van der Waals surface area contributed by atoms with E-state index in [9.17, 15) is 0 Å². The number of hydrogen-bond acceptors (Lipinski definition) is 3. The number of nitrogens with zero attached hydrogens (tertiary/aromatic N) is 1. The summed E-state index contributed by atoms with van der Waals surface area (Å²) in [4.78, 5) is 2.44. The van der Waals surface area contributed by atoms with Crippen molar-refractivity contribution in [3.8, 4) is 0 Å². The Hall–Kier alpha value is -0.380. The Morgan fingerprint density at radius 1 is 1.47 bits per heavy atom. The van der Waals surface area contributed by atoms with Crippen LogP contribution in [-0.4, -0.2) is 31.6 Å². The molecule has 17 heavy (non-hydrogen) atoms. The van der Waals surface area contributed by atoms with Crippen LogP contribution < -0.4 is 5.32 Å². The number of likely N-dealkylation sites (tertiary alicyclic amines) is 1. The van der Waals surface area contributed by atoms with Crippen molar-refractivity contribution in [3.63, 3.8) is 0 Å². The Bertz CT molecular complexity index is 302. The maximum atomic E-state index is 3.64. The molecule has 1 aromatic heterocycles. The zero-order valence-corrected chi connectivity index (χ0v) is 11.8. The molecule has 3 heteroatoms. The molecular formula is C14H24N2S. The molecule has 1 fully saturated rings. The van der Waals surface area contributed by atoms with Gasteiger partial charge in [-0.1, -0.05) is 0 Å². The van der Waals surface area contributed by atoms with Crippen molar-refractivity contribution in [3.05, 3.63) is 22.4 Å². The Labute approximate surface area is 109 Å². The van der Waals surface area contributed by atoms with Crippen LogP contribution in [0.25, 0.3) is 0 Å². The minimum Gasteiger partial charge on any atom is -0.310 e. The third-order valence-electron chi connectivity index (χ3n) is 3.88. The zero-order chi connectivity index (χ0) is 12.1. The minimum absolute atomic E-state index is 0.507. The Balaban J connectivity index is 1.63. The number of nitrogens with one attached hydrogen (secondary N) is 1. The normalized spacial score (nSPS) is 20.6. The van der Waals surface area contributed by atoms with Gasteiger partial charge in [0.25, 0.3) is 0 Å². The van der Waals surface area contributed by atoms with Crippen molar-refractivity contribution >= 4 is 11.3 Å². The smallest absolute Gasteiger partial charge is 0.0300 e. The van der Waals surface area contributed by atoms with Gasteiger partial charge in [-0.15, -0.1) is 0 Å². The SMILES string of the molecule is CC(NCCC1CCN(C)CC1)c1ccsc1. The lowest BCUT2D eigenvalue weighted by Crippen LogP contribution is -2.32. The molecule has 0 saturated carbocycles. The van der Waals surface area contributed by atoms with Crippen LogP contribution >= 0.6 is 11.3 Å². The van der Waals surface area contributed by atoms with E-state index in [1.807, 2.05) is 0 Å². The van der Waals surface area contributed by atoms with E-state index in [4.69, 9.17) is 0 Å². The standard InChI is InChI=1S/C14H24N2S/c1-12(14-6-10-17-11-14)15-7-3-13-4-8-16(2)9-5-13/h6,10-13,15H,3-5,7-9H2,1-2H3. The molecule has 1 aliphatic rings. The van der Waals surface area contributed by atoms with E-state index in [1.54, 1.807) is 11.3 Å². The number of rotatable bonds is 5. The van der Waals surface area contributed by atoms with Crippen molar-refractivity contribution in [2.75, 3.05) is 26.7 Å². The van der Waals surface area contributed by atoms with E-state index in [2.05, 4.69) is 41.0 Å². The van der Waals surface area contributed by atoms with Gasteiger partial charge in [0.05, 0.1) is 0 Å². The Kier molecular flexibility index (Phi) is 5.01. The Morgan fingerprint density at radius 3 is 2.88 bits per heavy atom. The van der Waals surface area contributed by atoms with Gasteiger partial charge in [-0.2, -0.15) is 11.3 Å². The molecule has 0 spiro atoms. The third kappa shape index (κ3) is 4.09. The van der Waals surface area contributed by atoms with Crippen LogP contribution in [-0.2, 0) is 0 Å². The molecule has 0 aliphatic carbocycles. The largest absolute Gasteiger partial charge is 0.310 e. The van der Waals surface area contributed by atoms with Crippen LogP contribution in [0.4, 0.5) is 0 Å². The molecule has 0 radical (unpaired) electrons. The molecular weight excluding hydrogens is 228 g/mol. The summed E-state index contributed by atoms with van der Waals surface area (Å²) in [5.74, 6) is 0.938. The van der Waals surface area contributed by atoms with Gasteiger partial charge in [0.15, 0.2) is 0 Å². The summed E-state index contributed by atoms with van der Waals surface area (Å²) >= 11 is 1.78. The summed E-state index contributed by atoms with van der Waals surface area (Å²) < 4.78 is 0. The molecule has 1 atom stereocenters. The highest BCUT2D eigenvalue weighted by Gasteiger charge is 2.16. The van der Waals surface area contributed by atoms with Crippen molar-refractivity contribution in [2.45, 2.75) is 32.2 Å². The lowest BCUT2D eigenvalue weighted by Gasteiger charge is -2.29. The molecule has 96 valence electrons. The van der Waals surface area contributed by atoms with E-state index < -0.39 is 0 Å². The minimum atomic E-state index is 0.507. The predicted molar refractivity (Wildman–Crippen MR) is 75.6 cm³/mol. The monoisotopic (exact) mass is 252 g/mol. The average molecular weight is 252 g/mol. The van der Waals surface area contributed by atoms with Crippen molar-refractivity contribution in [1.29, 1.82) is 0 Å². The lowest BCUT2D eigenvalue weighted by molar-refractivity contribution is 0.211. The molecule has 0 bridgehead atoms. The second-order valence-electron chi connectivity index (χ2n) is 5.27. The quantitative estimate of drug-likeness (QED) is 0.866. The predicted octanol–water partition coefficient (Wildman–Crippen LogP) is 3.13. The fraction of sp³-hybridized carbons (Fsp3) is 0.714. The first-order chi connectivity index (χ1) is 8.25. The summed E-state index contributed by atoms with van der Waals surface area (Å²) in [6.07, 6.45) is 4.10. The fourth-order valence-electron chi connectivity index (χ4n) is 2.49. The van der Waals surface area contributed by atoms with Gasteiger partial charge in [-0.25, -0.2) is 0 Å². The molecule has 2 nitrogen and oxygen atoms in total. The molecule has 2 heterocycles. The Morgan fingerprint density at radius 2 is 2.24 bits per heavy atom. The molecule has 1 aromatic rings. The number of hydrogen-bond donors (Lipinski definition) is 1. The van der Waals surface area contributed by atoms with Crippen LogP contribution in [0.15, 0.2) is 16.8 Å². The zero-order valence-electron chi connectivity index (χ0n) is 11.0. The molecule has 0 aromatic carbocycles. The van der Waals surface area contributed by atoms with Gasteiger partial charge in [0.1, 0.15) is 0 Å². The molecule has 1 saturated heterocycles. The highest BCUT2D eigenvalue weighted by atomic mass is 32.1. The summed E-state index contributed by atoms with van der Waals surface area (Å²) in [6, 6.07) is 2.73. The molecule has 1 aliphatic heterocycles. The first kappa shape index (κ1) is 13.1. The van der Waals surface area contributed by atoms with E-state index >= 15 is 0 Å². The topological polar surface area (TPSA) is 15.3 Å². The summed E-state index contributed by atoms with van der Waals surface area (Å²) in [7, 11) is 2.23. The second kappa shape index (κ2) is 6.53. The third-order valence-corrected chi connectivity index (χ3v) is 4.59. The van der Waals surface area contributed by atoms with Gasteiger partial charge in [-0.3, -0.25) is 0 Å². The van der Waals surface area contributed by atoms with E-state index in [0.717, 1.165) is 12.5 Å². The van der Waals surface area contributed by atoms with E-state index in [0.29, 0.717) is 6.04 Å². The van der Waals surface area contributed by atoms with Gasteiger partial charge < -0.3 is 10.2 Å². The molecule has 2 rings (SSSR count). The van der Waals surface area contributed by atoms with Crippen molar-refractivity contribution in [2.24, 2.45) is 5.92 Å². The van der Waals surface area contributed by atoms with Gasteiger partial charge >= 0.3 is 0 Å². The number of thiophene rings is 1. The number of piperidine rings is 1. The maximum Gasteiger partial charge on any atom is 0.0300 e. The van der Waals surface area contributed by atoms with E-state index in [1.165, 1.54) is 37.9 Å². The van der Waals surface area contributed by atoms with Crippen LogP contribution in [0.5, 0.6) is 0 Å². The summed E-state index contributed by atoms with van der Waals surface area (Å²) in [5.41, 5.74) is 1.43. The summed E-state index contributed by atoms with van der Waals surface area (Å²) in [6.45, 7) is 5.98. The van der Waals surface area contributed by atoms with E-state index in [-0.39, 0.29) is 0 Å². The second-order valence-corrected chi connectivity index (χ2v) is 6.05. The van der Waals surface area contributed by atoms with Crippen LogP contribution in [0.1, 0.15) is 37.8 Å². The van der Waals surface area contributed by atoms with Gasteiger partial charge in [0.2, 0.25) is 0 Å². The van der Waals surface area contributed by atoms with Crippen molar-refractivity contribution in [1.82, 2.24) is 10.2 Å². The fourth-order valence-corrected chi connectivity index (χ4v) is 3.25. The van der Waals surface area contributed by atoms with Crippen LogP contribution in [0.3, 0.4) is 0 Å². The molecule has 1 N–H and O–H groups in total. The highest BCUT2D eigenvalue weighted by molar-refractivity contribution is 7.07. The lowest BCUT2D eigenvalue weighted by atomic mass is 9.94. The van der Waals surface area contributed by atoms with Crippen LogP contribution in [0, 0.1) is 5.92 Å². The van der Waals surface area contributed by atoms with Crippen molar-refractivity contribution < 1.29 is 0 Å². The molecule has 0 amide bonds. The van der Waals surface area contributed by atoms with Gasteiger partial charge in [0, 0.05) is 6.04 Å².